The molecule has 8 heteroatoms. The van der Waals surface area contributed by atoms with Crippen LogP contribution in [0.25, 0.3) is 0 Å². The second-order valence-electron chi connectivity index (χ2n) is 7.49. The van der Waals surface area contributed by atoms with Crippen LogP contribution in [0.3, 0.4) is 0 Å². The Hall–Kier alpha value is -1.70. The smallest absolute Gasteiger partial charge is 0.339 e. The molecule has 2 atom stereocenters. The number of likely N-dealkylation sites (tertiary alicyclic amines) is 1. The minimum atomic E-state index is -1.13. The van der Waals surface area contributed by atoms with Gasteiger partial charge in [0.1, 0.15) is 18.3 Å². The lowest BCUT2D eigenvalue weighted by Gasteiger charge is -2.35. The van der Waals surface area contributed by atoms with Gasteiger partial charge in [0.05, 0.1) is 16.8 Å². The Morgan fingerprint density at radius 3 is 2.74 bits per heavy atom. The van der Waals surface area contributed by atoms with Crippen molar-refractivity contribution < 1.29 is 24.5 Å². The first-order valence-corrected chi connectivity index (χ1v) is 9.78. The van der Waals surface area contributed by atoms with Crippen molar-refractivity contribution in [3.8, 4) is 11.5 Å². The Labute approximate surface area is 164 Å². The molecule has 4 N–H and O–H groups in total. The summed E-state index contributed by atoms with van der Waals surface area (Å²) in [6.07, 6.45) is 3.33. The molecule has 2 heterocycles. The fourth-order valence-electron chi connectivity index (χ4n) is 3.72. The van der Waals surface area contributed by atoms with E-state index in [1.807, 2.05) is 6.92 Å². The van der Waals surface area contributed by atoms with Gasteiger partial charge >= 0.3 is 5.97 Å². The topological polar surface area (TPSA) is 105 Å². The fraction of sp³-hybridized carbons (Fsp3) is 0.632. The molecule has 0 radical (unpaired) electrons. The average Bonchev–Trinajstić information content (AvgIpc) is 2.64. The Morgan fingerprint density at radius 2 is 2.11 bits per heavy atom. The van der Waals surface area contributed by atoms with Crippen LogP contribution in [-0.2, 0) is 0 Å². The van der Waals surface area contributed by atoms with E-state index in [1.54, 1.807) is 0 Å². The summed E-state index contributed by atoms with van der Waals surface area (Å²) >= 11 is 6.06. The number of aliphatic hydroxyl groups excluding tert-OH is 1. The van der Waals surface area contributed by atoms with Gasteiger partial charge in [-0.15, -0.1) is 0 Å². The number of anilines is 1. The van der Waals surface area contributed by atoms with Crippen LogP contribution >= 0.6 is 11.6 Å². The van der Waals surface area contributed by atoms with E-state index in [1.165, 1.54) is 6.07 Å². The molecule has 0 amide bonds. The zero-order chi connectivity index (χ0) is 19.6. The van der Waals surface area contributed by atoms with Gasteiger partial charge < -0.3 is 30.3 Å². The first-order valence-electron chi connectivity index (χ1n) is 9.40. The van der Waals surface area contributed by atoms with Gasteiger partial charge in [0.2, 0.25) is 0 Å². The lowest BCUT2D eigenvalue weighted by Crippen LogP contribution is -2.38. The molecular formula is C19H27ClN2O5. The predicted octanol–water partition coefficient (Wildman–Crippen LogP) is 2.63. The monoisotopic (exact) mass is 398 g/mol. The van der Waals surface area contributed by atoms with Crippen LogP contribution < -0.4 is 15.2 Å². The number of aromatic carboxylic acids is 1. The van der Waals surface area contributed by atoms with Gasteiger partial charge in [-0.1, -0.05) is 11.6 Å². The number of hydrogen-bond donors (Lipinski definition) is 3. The number of aliphatic hydroxyl groups is 1. The number of carboxylic acids is 1. The minimum Gasteiger partial charge on any atom is -0.485 e. The van der Waals surface area contributed by atoms with Gasteiger partial charge in [-0.2, -0.15) is 0 Å². The second kappa shape index (κ2) is 8.54. The number of piperidine rings is 1. The van der Waals surface area contributed by atoms with Crippen molar-refractivity contribution >= 4 is 23.3 Å². The maximum atomic E-state index is 11.4. The Morgan fingerprint density at radius 1 is 1.41 bits per heavy atom. The van der Waals surface area contributed by atoms with E-state index < -0.39 is 5.97 Å². The van der Waals surface area contributed by atoms with E-state index in [0.29, 0.717) is 12.5 Å². The number of carbonyl (C=O) groups is 1. The Kier molecular flexibility index (Phi) is 6.34. The largest absolute Gasteiger partial charge is 0.485 e. The molecule has 7 nitrogen and oxygen atoms in total. The van der Waals surface area contributed by atoms with Gasteiger partial charge in [-0.3, -0.25) is 0 Å². The maximum Gasteiger partial charge on any atom is 0.339 e. The normalized spacial score (nSPS) is 21.8. The lowest BCUT2D eigenvalue weighted by molar-refractivity contribution is 0.0538. The highest BCUT2D eigenvalue weighted by Gasteiger charge is 2.32. The van der Waals surface area contributed by atoms with E-state index in [4.69, 9.17) is 26.8 Å². The number of fused-ring (bicyclic) bond motifs is 1. The average molecular weight is 399 g/mol. The van der Waals surface area contributed by atoms with Crippen LogP contribution in [0.5, 0.6) is 11.5 Å². The first-order chi connectivity index (χ1) is 12.8. The van der Waals surface area contributed by atoms with Crippen LogP contribution in [0.4, 0.5) is 5.69 Å². The number of rotatable bonds is 6. The first kappa shape index (κ1) is 20.0. The molecule has 2 aliphatic rings. The van der Waals surface area contributed by atoms with Crippen molar-refractivity contribution in [3.63, 3.8) is 0 Å². The highest BCUT2D eigenvalue weighted by molar-refractivity contribution is 6.34. The van der Waals surface area contributed by atoms with Crippen molar-refractivity contribution in [2.45, 2.75) is 44.8 Å². The maximum absolute atomic E-state index is 11.4. The Bertz CT molecular complexity index is 689. The molecule has 1 aromatic carbocycles. The molecule has 0 saturated carbocycles. The third kappa shape index (κ3) is 4.78. The minimum absolute atomic E-state index is 0.0333. The molecular weight excluding hydrogens is 372 g/mol. The van der Waals surface area contributed by atoms with Crippen LogP contribution in [0.2, 0.25) is 5.02 Å². The molecule has 150 valence electrons. The summed E-state index contributed by atoms with van der Waals surface area (Å²) in [6.45, 7) is 5.07. The summed E-state index contributed by atoms with van der Waals surface area (Å²) < 4.78 is 11.7. The number of benzene rings is 1. The molecule has 0 aromatic heterocycles. The predicted molar refractivity (Wildman–Crippen MR) is 103 cm³/mol. The van der Waals surface area contributed by atoms with Crippen molar-refractivity contribution in [3.05, 3.63) is 16.7 Å². The number of halogens is 1. The third-order valence-electron chi connectivity index (χ3n) is 5.32. The van der Waals surface area contributed by atoms with Gasteiger partial charge in [0.15, 0.2) is 11.5 Å². The molecule has 3 rings (SSSR count). The quantitative estimate of drug-likeness (QED) is 0.632. The molecule has 1 saturated heterocycles. The summed E-state index contributed by atoms with van der Waals surface area (Å²) in [5.74, 6) is -0.207. The third-order valence-corrected chi connectivity index (χ3v) is 5.63. The van der Waals surface area contributed by atoms with Crippen molar-refractivity contribution in [1.82, 2.24) is 4.90 Å². The van der Waals surface area contributed by atoms with Crippen LogP contribution in [0, 0.1) is 5.92 Å². The van der Waals surface area contributed by atoms with E-state index in [-0.39, 0.29) is 40.0 Å². The molecule has 2 aliphatic heterocycles. The number of nitrogens with two attached hydrogens (primary N) is 1. The van der Waals surface area contributed by atoms with E-state index in [0.717, 1.165) is 45.3 Å². The zero-order valence-corrected chi connectivity index (χ0v) is 16.2. The summed E-state index contributed by atoms with van der Waals surface area (Å²) in [5, 5.41) is 18.9. The zero-order valence-electron chi connectivity index (χ0n) is 15.5. The van der Waals surface area contributed by atoms with E-state index in [2.05, 4.69) is 4.90 Å². The fourth-order valence-corrected chi connectivity index (χ4v) is 3.92. The Balaban J connectivity index is 1.59. The molecule has 0 spiro atoms. The van der Waals surface area contributed by atoms with Gasteiger partial charge in [0, 0.05) is 6.54 Å². The molecule has 27 heavy (non-hydrogen) atoms. The summed E-state index contributed by atoms with van der Waals surface area (Å²) in [7, 11) is 0. The van der Waals surface area contributed by atoms with Crippen LogP contribution in [0.1, 0.15) is 43.0 Å². The van der Waals surface area contributed by atoms with E-state index >= 15 is 0 Å². The number of nitrogen functional groups attached to an aromatic ring is 1. The summed E-state index contributed by atoms with van der Waals surface area (Å²) in [4.78, 5) is 13.8. The lowest BCUT2D eigenvalue weighted by atomic mass is 9.91. The molecule has 0 aliphatic carbocycles. The van der Waals surface area contributed by atoms with Gasteiger partial charge in [0.25, 0.3) is 0 Å². The van der Waals surface area contributed by atoms with E-state index in [9.17, 15) is 15.0 Å². The van der Waals surface area contributed by atoms with Crippen molar-refractivity contribution in [2.24, 2.45) is 5.92 Å². The summed E-state index contributed by atoms with van der Waals surface area (Å²) in [5.41, 5.74) is 6.17. The number of nitrogens with zero attached hydrogens (tertiary/aromatic N) is 1. The molecule has 0 bridgehead atoms. The number of ether oxygens (including phenoxy) is 2. The summed E-state index contributed by atoms with van der Waals surface area (Å²) in [6, 6.07) is 1.30. The molecule has 1 aromatic rings. The van der Waals surface area contributed by atoms with Crippen LogP contribution in [-0.4, -0.2) is 59.5 Å². The number of carboxylic acid groups (broad SMARTS) is 1. The molecule has 2 unspecified atom stereocenters. The SMILES string of the molecule is CC(O)CCN1CCC(CC2COc3c(C(=O)O)cc(Cl)c(N)c3O2)CC1. The van der Waals surface area contributed by atoms with Crippen molar-refractivity contribution in [1.29, 1.82) is 0 Å². The standard InChI is InChI=1S/C19H27ClN2O5/c1-11(23)2-5-22-6-3-12(4-7-22)8-13-10-26-17-14(19(24)25)9-15(20)16(21)18(17)27-13/h9,11-13,23H,2-8,10,21H2,1H3,(H,24,25). The van der Waals surface area contributed by atoms with Crippen LogP contribution in [0.15, 0.2) is 6.07 Å². The molecule has 1 fully saturated rings. The highest BCUT2D eigenvalue weighted by atomic mass is 35.5. The van der Waals surface area contributed by atoms with Crippen molar-refractivity contribution in [2.75, 3.05) is 32.0 Å². The second-order valence-corrected chi connectivity index (χ2v) is 7.90. The van der Waals surface area contributed by atoms with Gasteiger partial charge in [-0.25, -0.2) is 4.79 Å². The van der Waals surface area contributed by atoms with Gasteiger partial charge in [-0.05, 0) is 57.7 Å². The number of hydrogen-bond acceptors (Lipinski definition) is 6. The highest BCUT2D eigenvalue weighted by Crippen LogP contribution is 2.45.